The van der Waals surface area contributed by atoms with Crippen LogP contribution in [0.2, 0.25) is 5.02 Å². The number of ether oxygens (including phenoxy) is 1. The van der Waals surface area contributed by atoms with Crippen LogP contribution in [0.4, 0.5) is 0 Å². The van der Waals surface area contributed by atoms with Crippen LogP contribution in [0.15, 0.2) is 110 Å². The van der Waals surface area contributed by atoms with Crippen LogP contribution in [0.25, 0.3) is 33.5 Å². The molecule has 2 heterocycles. The van der Waals surface area contributed by atoms with Gasteiger partial charge in [0.05, 0.1) is 22.1 Å². The molecule has 0 atom stereocenters. The molecule has 0 saturated heterocycles. The van der Waals surface area contributed by atoms with Gasteiger partial charge in [0, 0.05) is 9.86 Å². The molecule has 0 spiro atoms. The maximum atomic E-state index is 13.5. The highest BCUT2D eigenvalue weighted by molar-refractivity contribution is 9.10. The first-order valence-electron chi connectivity index (χ1n) is 12.2. The summed E-state index contributed by atoms with van der Waals surface area (Å²) in [5.74, 6) is 1.29. The van der Waals surface area contributed by atoms with Crippen molar-refractivity contribution >= 4 is 55.6 Å². The first-order chi connectivity index (χ1) is 18.9. The van der Waals surface area contributed by atoms with Crippen molar-refractivity contribution in [1.82, 2.24) is 9.66 Å². The maximum absolute atomic E-state index is 13.5. The highest BCUT2D eigenvalue weighted by atomic mass is 79.9. The molecule has 6 aromatic rings. The largest absolute Gasteiger partial charge is 0.487 e. The quantitative estimate of drug-likeness (QED) is 0.182. The van der Waals surface area contributed by atoms with Crippen LogP contribution in [0.5, 0.6) is 5.75 Å². The van der Waals surface area contributed by atoms with Crippen molar-refractivity contribution < 1.29 is 9.15 Å². The zero-order chi connectivity index (χ0) is 26.9. The molecule has 0 aliphatic carbocycles. The van der Waals surface area contributed by atoms with Gasteiger partial charge in [0.25, 0.3) is 5.56 Å². The normalized spacial score (nSPS) is 11.6. The fourth-order valence-corrected chi connectivity index (χ4v) is 4.82. The molecule has 0 amide bonds. The number of hydrogen-bond donors (Lipinski definition) is 0. The van der Waals surface area contributed by atoms with E-state index in [0.717, 1.165) is 15.4 Å². The number of aromatic nitrogens is 2. The predicted octanol–water partition coefficient (Wildman–Crippen LogP) is 8.00. The fourth-order valence-electron chi connectivity index (χ4n) is 4.20. The van der Waals surface area contributed by atoms with Crippen LogP contribution in [-0.4, -0.2) is 15.9 Å². The van der Waals surface area contributed by atoms with Crippen molar-refractivity contribution in [2.45, 2.75) is 13.5 Å². The van der Waals surface area contributed by atoms with E-state index in [9.17, 15) is 4.79 Å². The van der Waals surface area contributed by atoms with E-state index < -0.39 is 0 Å². The Bertz CT molecular complexity index is 1930. The molecule has 6 rings (SSSR count). The Morgan fingerprint density at radius 3 is 2.67 bits per heavy atom. The molecule has 0 saturated carbocycles. The van der Waals surface area contributed by atoms with Gasteiger partial charge in [0.15, 0.2) is 5.76 Å². The number of hydrogen-bond acceptors (Lipinski definition) is 5. The number of aryl methyl sites for hydroxylation is 1. The summed E-state index contributed by atoms with van der Waals surface area (Å²) in [6.07, 6.45) is 1.57. The molecule has 0 aliphatic rings. The minimum atomic E-state index is -0.308. The Kier molecular flexibility index (Phi) is 6.77. The predicted molar refractivity (Wildman–Crippen MR) is 159 cm³/mol. The molecule has 0 unspecified atom stereocenters. The summed E-state index contributed by atoms with van der Waals surface area (Å²) in [6, 6.07) is 28.2. The molecule has 192 valence electrons. The van der Waals surface area contributed by atoms with Crippen LogP contribution in [0, 0.1) is 6.92 Å². The van der Waals surface area contributed by atoms with Gasteiger partial charge in [-0.25, -0.2) is 4.98 Å². The number of furan rings is 1. The van der Waals surface area contributed by atoms with E-state index in [1.165, 1.54) is 10.2 Å². The minimum absolute atomic E-state index is 0.298. The van der Waals surface area contributed by atoms with Gasteiger partial charge in [-0.05, 0) is 72.6 Å². The Morgan fingerprint density at radius 2 is 1.85 bits per heavy atom. The van der Waals surface area contributed by atoms with Gasteiger partial charge in [-0.3, -0.25) is 4.79 Å². The summed E-state index contributed by atoms with van der Waals surface area (Å²) in [6.45, 7) is 2.45. The van der Waals surface area contributed by atoms with E-state index in [1.54, 1.807) is 36.5 Å². The zero-order valence-electron chi connectivity index (χ0n) is 20.8. The second-order valence-electron chi connectivity index (χ2n) is 9.07. The van der Waals surface area contributed by atoms with E-state index in [4.69, 9.17) is 25.7 Å². The third-order valence-corrected chi connectivity index (χ3v) is 7.03. The lowest BCUT2D eigenvalue weighted by Crippen LogP contribution is -2.20. The lowest BCUT2D eigenvalue weighted by Gasteiger charge is -2.09. The van der Waals surface area contributed by atoms with E-state index in [-0.39, 0.29) is 5.56 Å². The molecule has 6 nitrogen and oxygen atoms in total. The lowest BCUT2D eigenvalue weighted by molar-refractivity contribution is 0.306. The summed E-state index contributed by atoms with van der Waals surface area (Å²) in [5.41, 5.74) is 3.87. The molecule has 8 heteroatoms. The fraction of sp³-hybridized carbons (Fsp3) is 0.0645. The van der Waals surface area contributed by atoms with Crippen LogP contribution in [0.3, 0.4) is 0 Å². The topological polar surface area (TPSA) is 69.6 Å². The Morgan fingerprint density at radius 1 is 1.03 bits per heavy atom. The second kappa shape index (κ2) is 10.5. The van der Waals surface area contributed by atoms with E-state index in [0.29, 0.717) is 51.0 Å². The summed E-state index contributed by atoms with van der Waals surface area (Å²) in [7, 11) is 0. The molecule has 0 N–H and O–H groups in total. The molecule has 2 aromatic heterocycles. The molecular weight excluding hydrogens is 578 g/mol. The second-order valence-corrected chi connectivity index (χ2v) is 10.4. The first-order valence-corrected chi connectivity index (χ1v) is 13.4. The first kappa shape index (κ1) is 25.1. The van der Waals surface area contributed by atoms with E-state index >= 15 is 0 Å². The zero-order valence-corrected chi connectivity index (χ0v) is 23.1. The van der Waals surface area contributed by atoms with Crippen LogP contribution < -0.4 is 10.3 Å². The van der Waals surface area contributed by atoms with Gasteiger partial charge >= 0.3 is 0 Å². The minimum Gasteiger partial charge on any atom is -0.487 e. The van der Waals surface area contributed by atoms with Crippen LogP contribution in [0.1, 0.15) is 16.7 Å². The standard InChI is InChI=1S/C31H21BrClN3O3/c1-19-6-8-20(9-7-19)18-38-28-12-10-21(14-25(28)33)17-34-36-30(35-26-5-3-2-4-24(26)31(36)37)29-16-22-15-23(32)11-13-27(22)39-29/h2-17H,18H2,1H3. The Balaban J connectivity index is 1.35. The molecule has 0 radical (unpaired) electrons. The van der Waals surface area contributed by atoms with E-state index in [1.807, 2.05) is 67.6 Å². The Labute approximate surface area is 237 Å². The molecule has 0 fully saturated rings. The number of halogens is 2. The summed E-state index contributed by atoms with van der Waals surface area (Å²) < 4.78 is 14.1. The van der Waals surface area contributed by atoms with Crippen molar-refractivity contribution in [3.8, 4) is 17.3 Å². The molecular formula is C31H21BrClN3O3. The summed E-state index contributed by atoms with van der Waals surface area (Å²) >= 11 is 10.00. The van der Waals surface area contributed by atoms with Crippen molar-refractivity contribution in [2.24, 2.45) is 5.10 Å². The Hall–Kier alpha value is -4.20. The van der Waals surface area contributed by atoms with Crippen molar-refractivity contribution in [3.05, 3.63) is 128 Å². The van der Waals surface area contributed by atoms with Gasteiger partial charge in [0.2, 0.25) is 5.82 Å². The maximum Gasteiger partial charge on any atom is 0.282 e. The number of para-hydroxylation sites is 1. The average Bonchev–Trinajstić information content (AvgIpc) is 3.36. The smallest absolute Gasteiger partial charge is 0.282 e. The molecule has 39 heavy (non-hydrogen) atoms. The third kappa shape index (κ3) is 5.24. The lowest BCUT2D eigenvalue weighted by atomic mass is 10.2. The number of fused-ring (bicyclic) bond motifs is 2. The summed E-state index contributed by atoms with van der Waals surface area (Å²) in [5, 5.41) is 6.29. The van der Waals surface area contributed by atoms with Gasteiger partial charge < -0.3 is 9.15 Å². The number of rotatable bonds is 6. The van der Waals surface area contributed by atoms with Crippen molar-refractivity contribution in [1.29, 1.82) is 0 Å². The molecule has 0 bridgehead atoms. The number of benzene rings is 4. The van der Waals surface area contributed by atoms with Crippen molar-refractivity contribution in [3.63, 3.8) is 0 Å². The van der Waals surface area contributed by atoms with Gasteiger partial charge in [-0.1, -0.05) is 69.5 Å². The highest BCUT2D eigenvalue weighted by Crippen LogP contribution is 2.30. The molecule has 0 aliphatic heterocycles. The highest BCUT2D eigenvalue weighted by Gasteiger charge is 2.16. The monoisotopic (exact) mass is 597 g/mol. The van der Waals surface area contributed by atoms with Crippen LogP contribution in [-0.2, 0) is 6.61 Å². The summed E-state index contributed by atoms with van der Waals surface area (Å²) in [4.78, 5) is 18.2. The van der Waals surface area contributed by atoms with Gasteiger partial charge in [-0.15, -0.1) is 0 Å². The third-order valence-electron chi connectivity index (χ3n) is 6.25. The van der Waals surface area contributed by atoms with Crippen LogP contribution >= 0.6 is 27.5 Å². The average molecular weight is 599 g/mol. The molecule has 4 aromatic carbocycles. The van der Waals surface area contributed by atoms with E-state index in [2.05, 4.69) is 21.0 Å². The van der Waals surface area contributed by atoms with Crippen molar-refractivity contribution in [2.75, 3.05) is 0 Å². The van der Waals surface area contributed by atoms with Gasteiger partial charge in [0.1, 0.15) is 17.9 Å². The number of nitrogens with zero attached hydrogens (tertiary/aromatic N) is 3. The SMILES string of the molecule is Cc1ccc(COc2ccc(C=Nn3c(-c4cc5cc(Br)ccc5o4)nc4ccccc4c3=O)cc2Cl)cc1. The van der Waals surface area contributed by atoms with Gasteiger partial charge in [-0.2, -0.15) is 9.78 Å².